The van der Waals surface area contributed by atoms with Crippen molar-refractivity contribution in [3.63, 3.8) is 0 Å². The average molecular weight is 329 g/mol. The van der Waals surface area contributed by atoms with Gasteiger partial charge in [-0.2, -0.15) is 5.21 Å². The molecule has 0 aliphatic carbocycles. The molecule has 0 aromatic carbocycles. The molecule has 0 spiro atoms. The Morgan fingerprint density at radius 2 is 2.39 bits per heavy atom. The van der Waals surface area contributed by atoms with Crippen molar-refractivity contribution >= 4 is 28.7 Å². The Balaban J connectivity index is 1.45. The number of thioether (sulfide) groups is 1. The number of tetrazole rings is 1. The summed E-state index contributed by atoms with van der Waals surface area (Å²) in [4.78, 5) is 18.8. The minimum absolute atomic E-state index is 0.0919. The number of amides is 1. The van der Waals surface area contributed by atoms with Crippen LogP contribution >= 0.6 is 11.8 Å². The molecule has 4 rings (SSSR count). The second-order valence-corrected chi connectivity index (χ2v) is 6.32. The highest BCUT2D eigenvalue weighted by atomic mass is 32.2. The fourth-order valence-corrected chi connectivity index (χ4v) is 3.95. The van der Waals surface area contributed by atoms with E-state index in [2.05, 4.69) is 25.6 Å². The van der Waals surface area contributed by atoms with Crippen molar-refractivity contribution in [2.24, 2.45) is 0 Å². The number of nitrogens with zero attached hydrogens (tertiary/aromatic N) is 6. The highest BCUT2D eigenvalue weighted by Crippen LogP contribution is 2.31. The van der Waals surface area contributed by atoms with E-state index >= 15 is 0 Å². The molecule has 3 aromatic heterocycles. The molecule has 1 saturated heterocycles. The molecular weight excluding hydrogens is 314 g/mol. The Kier molecular flexibility index (Phi) is 3.70. The van der Waals surface area contributed by atoms with Gasteiger partial charge in [0.15, 0.2) is 5.82 Å². The van der Waals surface area contributed by atoms with Gasteiger partial charge in [0.1, 0.15) is 11.7 Å². The van der Waals surface area contributed by atoms with E-state index in [1.54, 1.807) is 18.0 Å². The van der Waals surface area contributed by atoms with Crippen LogP contribution in [0.1, 0.15) is 18.3 Å². The third-order valence-electron chi connectivity index (χ3n) is 3.95. The van der Waals surface area contributed by atoms with Crippen LogP contribution in [-0.2, 0) is 11.3 Å². The van der Waals surface area contributed by atoms with Crippen LogP contribution < -0.4 is 0 Å². The molecule has 8 nitrogen and oxygen atoms in total. The monoisotopic (exact) mass is 329 g/mol. The molecular formula is C14H15N7OS. The number of aromatic nitrogens is 6. The number of nitrogens with one attached hydrogen (secondary N) is 1. The topological polar surface area (TPSA) is 92.6 Å². The van der Waals surface area contributed by atoms with E-state index in [1.165, 1.54) is 0 Å². The van der Waals surface area contributed by atoms with Crippen molar-refractivity contribution in [3.8, 4) is 0 Å². The predicted molar refractivity (Wildman–Crippen MR) is 85.4 cm³/mol. The summed E-state index contributed by atoms with van der Waals surface area (Å²) in [5.74, 6) is 2.15. The molecule has 1 fully saturated rings. The summed E-state index contributed by atoms with van der Waals surface area (Å²) in [5.41, 5.74) is 0.908. The van der Waals surface area contributed by atoms with E-state index in [-0.39, 0.29) is 11.9 Å². The quantitative estimate of drug-likeness (QED) is 0.773. The van der Waals surface area contributed by atoms with Crippen LogP contribution in [0.3, 0.4) is 0 Å². The van der Waals surface area contributed by atoms with Crippen molar-refractivity contribution in [1.29, 1.82) is 0 Å². The second kappa shape index (κ2) is 5.99. The Labute approximate surface area is 136 Å². The van der Waals surface area contributed by atoms with Crippen molar-refractivity contribution in [1.82, 2.24) is 35.1 Å². The van der Waals surface area contributed by atoms with Gasteiger partial charge in [0, 0.05) is 36.5 Å². The molecule has 1 amide bonds. The normalized spacial score (nSPS) is 17.9. The van der Waals surface area contributed by atoms with Crippen LogP contribution in [-0.4, -0.2) is 52.6 Å². The third kappa shape index (κ3) is 2.67. The SMILES string of the molecule is O=C(CCn1ccc2cccnc21)N1CSCC1c1nn[nH]n1. The first-order valence-corrected chi connectivity index (χ1v) is 8.49. The Bertz CT molecular complexity index is 816. The Morgan fingerprint density at radius 3 is 3.26 bits per heavy atom. The zero-order chi connectivity index (χ0) is 15.6. The molecule has 1 aliphatic heterocycles. The molecule has 1 aliphatic rings. The van der Waals surface area contributed by atoms with Crippen LogP contribution in [0.2, 0.25) is 0 Å². The number of H-pyrrole nitrogens is 1. The first-order chi connectivity index (χ1) is 11.3. The lowest BCUT2D eigenvalue weighted by atomic mass is 10.2. The van der Waals surface area contributed by atoms with Gasteiger partial charge < -0.3 is 9.47 Å². The van der Waals surface area contributed by atoms with E-state index in [9.17, 15) is 4.79 Å². The summed E-state index contributed by atoms with van der Waals surface area (Å²) in [6.07, 6.45) is 4.17. The number of fused-ring (bicyclic) bond motifs is 1. The van der Waals surface area contributed by atoms with E-state index in [1.807, 2.05) is 33.9 Å². The predicted octanol–water partition coefficient (Wildman–Crippen LogP) is 1.21. The second-order valence-electron chi connectivity index (χ2n) is 5.32. The van der Waals surface area contributed by atoms with Gasteiger partial charge in [0.2, 0.25) is 5.91 Å². The van der Waals surface area contributed by atoms with Crippen LogP contribution in [0.4, 0.5) is 0 Å². The smallest absolute Gasteiger partial charge is 0.225 e. The summed E-state index contributed by atoms with van der Waals surface area (Å²) in [7, 11) is 0. The molecule has 3 aromatic rings. The standard InChI is InChI=1S/C14H15N7OS/c22-12(21-9-23-8-11(21)13-16-18-19-17-13)4-7-20-6-3-10-2-1-5-15-14(10)20/h1-3,5-6,11H,4,7-9H2,(H,16,17,18,19). The lowest BCUT2D eigenvalue weighted by Gasteiger charge is -2.21. The molecule has 1 atom stereocenters. The number of pyridine rings is 1. The zero-order valence-electron chi connectivity index (χ0n) is 12.3. The number of carbonyl (C=O) groups excluding carboxylic acids is 1. The first kappa shape index (κ1) is 14.2. The number of carbonyl (C=O) groups is 1. The minimum atomic E-state index is -0.0919. The fourth-order valence-electron chi connectivity index (χ4n) is 2.77. The number of hydrogen-bond donors (Lipinski definition) is 1. The minimum Gasteiger partial charge on any atom is -0.332 e. The molecule has 1 N–H and O–H groups in total. The van der Waals surface area contributed by atoms with Gasteiger partial charge in [0.05, 0.1) is 5.88 Å². The van der Waals surface area contributed by atoms with Gasteiger partial charge in [-0.15, -0.1) is 22.0 Å². The number of hydrogen-bond acceptors (Lipinski definition) is 6. The van der Waals surface area contributed by atoms with Gasteiger partial charge in [-0.3, -0.25) is 4.79 Å². The fraction of sp³-hybridized carbons (Fsp3) is 0.357. The zero-order valence-corrected chi connectivity index (χ0v) is 13.1. The number of rotatable bonds is 4. The third-order valence-corrected chi connectivity index (χ3v) is 4.96. The van der Waals surface area contributed by atoms with Crippen LogP contribution in [0.15, 0.2) is 30.6 Å². The maximum Gasteiger partial charge on any atom is 0.225 e. The Hall–Kier alpha value is -2.42. The van der Waals surface area contributed by atoms with Crippen molar-refractivity contribution < 1.29 is 4.79 Å². The largest absolute Gasteiger partial charge is 0.332 e. The van der Waals surface area contributed by atoms with Gasteiger partial charge in [0.25, 0.3) is 0 Å². The van der Waals surface area contributed by atoms with Gasteiger partial charge in [-0.1, -0.05) is 5.21 Å². The molecule has 118 valence electrons. The van der Waals surface area contributed by atoms with Gasteiger partial charge in [-0.25, -0.2) is 4.98 Å². The number of aryl methyl sites for hydroxylation is 1. The first-order valence-electron chi connectivity index (χ1n) is 7.33. The lowest BCUT2D eigenvalue weighted by molar-refractivity contribution is -0.132. The molecule has 9 heteroatoms. The molecule has 23 heavy (non-hydrogen) atoms. The van der Waals surface area contributed by atoms with Gasteiger partial charge >= 0.3 is 0 Å². The maximum atomic E-state index is 12.6. The van der Waals surface area contributed by atoms with Crippen LogP contribution in [0.5, 0.6) is 0 Å². The van der Waals surface area contributed by atoms with Gasteiger partial charge in [-0.05, 0) is 18.2 Å². The Morgan fingerprint density at radius 1 is 1.43 bits per heavy atom. The molecule has 1 unspecified atom stereocenters. The van der Waals surface area contributed by atoms with Crippen molar-refractivity contribution in [3.05, 3.63) is 36.4 Å². The lowest BCUT2D eigenvalue weighted by Crippen LogP contribution is -2.32. The van der Waals surface area contributed by atoms with Crippen molar-refractivity contribution in [2.45, 2.75) is 19.0 Å². The van der Waals surface area contributed by atoms with E-state index < -0.39 is 0 Å². The van der Waals surface area contributed by atoms with Crippen molar-refractivity contribution in [2.75, 3.05) is 11.6 Å². The molecule has 0 radical (unpaired) electrons. The summed E-state index contributed by atoms with van der Waals surface area (Å²) >= 11 is 1.71. The highest BCUT2D eigenvalue weighted by molar-refractivity contribution is 7.99. The highest BCUT2D eigenvalue weighted by Gasteiger charge is 2.32. The average Bonchev–Trinajstić information content (AvgIpc) is 3.31. The summed E-state index contributed by atoms with van der Waals surface area (Å²) in [6.45, 7) is 0.611. The van der Waals surface area contributed by atoms with E-state index in [4.69, 9.17) is 0 Å². The number of aromatic amines is 1. The summed E-state index contributed by atoms with van der Waals surface area (Å²) in [6, 6.07) is 5.85. The van der Waals surface area contributed by atoms with Crippen LogP contribution in [0.25, 0.3) is 11.0 Å². The maximum absolute atomic E-state index is 12.6. The summed E-state index contributed by atoms with van der Waals surface area (Å²) in [5, 5.41) is 15.1. The van der Waals surface area contributed by atoms with E-state index in [0.29, 0.717) is 24.7 Å². The molecule has 0 bridgehead atoms. The molecule has 4 heterocycles. The summed E-state index contributed by atoms with van der Waals surface area (Å²) < 4.78 is 2.01. The van der Waals surface area contributed by atoms with E-state index in [0.717, 1.165) is 16.8 Å². The van der Waals surface area contributed by atoms with Crippen LogP contribution in [0, 0.1) is 0 Å². The molecule has 0 saturated carbocycles.